The maximum Gasteiger partial charge on any atom is 0.333 e. The number of ether oxygens (including phenoxy) is 1. The second kappa shape index (κ2) is 5.52. The van der Waals surface area contributed by atoms with Crippen molar-refractivity contribution in [3.8, 4) is 0 Å². The summed E-state index contributed by atoms with van der Waals surface area (Å²) in [5, 5.41) is 0. The van der Waals surface area contributed by atoms with Crippen LogP contribution in [-0.4, -0.2) is 12.6 Å². The van der Waals surface area contributed by atoms with E-state index in [4.69, 9.17) is 4.74 Å². The Balaban J connectivity index is 1.54. The molecule has 0 spiro atoms. The van der Waals surface area contributed by atoms with Crippen molar-refractivity contribution in [2.75, 3.05) is 6.61 Å². The Kier molecular flexibility index (Phi) is 4.03. The van der Waals surface area contributed by atoms with E-state index in [-0.39, 0.29) is 5.97 Å². The average Bonchev–Trinajstić information content (AvgIpc) is 2.90. The number of carbonyl (C=O) groups is 1. The van der Waals surface area contributed by atoms with Gasteiger partial charge in [0.05, 0.1) is 6.61 Å². The van der Waals surface area contributed by atoms with Gasteiger partial charge in [-0.25, -0.2) is 4.79 Å². The number of carbonyl (C=O) groups excluding carboxylic acids is 1. The van der Waals surface area contributed by atoms with Crippen molar-refractivity contribution in [1.29, 1.82) is 0 Å². The summed E-state index contributed by atoms with van der Waals surface area (Å²) in [5.41, 5.74) is 0.489. The summed E-state index contributed by atoms with van der Waals surface area (Å²) in [5.74, 6) is 2.35. The quantitative estimate of drug-likeness (QED) is 0.304. The fraction of sp³-hybridized carbons (Fsp3) is 0.667. The number of rotatable bonds is 6. The monoisotopic (exact) mass is 234 g/mol. The smallest absolute Gasteiger partial charge is 0.333 e. The Morgan fingerprint density at radius 3 is 2.76 bits per heavy atom. The van der Waals surface area contributed by atoms with Crippen molar-refractivity contribution in [3.63, 3.8) is 0 Å². The van der Waals surface area contributed by atoms with Crippen molar-refractivity contribution in [3.05, 3.63) is 24.3 Å². The first-order valence-corrected chi connectivity index (χ1v) is 6.68. The maximum absolute atomic E-state index is 11.1. The molecule has 3 unspecified atom stereocenters. The van der Waals surface area contributed by atoms with Crippen LogP contribution < -0.4 is 0 Å². The molecule has 94 valence electrons. The molecule has 0 aromatic rings. The molecule has 1 fully saturated rings. The van der Waals surface area contributed by atoms with Gasteiger partial charge in [-0.3, -0.25) is 0 Å². The highest BCUT2D eigenvalue weighted by Crippen LogP contribution is 2.45. The molecule has 0 N–H and O–H groups in total. The molecule has 0 aromatic carbocycles. The minimum atomic E-state index is -0.257. The Morgan fingerprint density at radius 2 is 2.18 bits per heavy atom. The standard InChI is InChI=1S/C15H22O2/c1-11(2)15(16)17-8-4-3-5-13-9-12-6-7-14(13)10-12/h6-7,12-14H,1,3-5,8-10H2,2H3. The summed E-state index contributed by atoms with van der Waals surface area (Å²) in [7, 11) is 0. The zero-order valence-corrected chi connectivity index (χ0v) is 10.7. The van der Waals surface area contributed by atoms with Gasteiger partial charge in [0.1, 0.15) is 0 Å². The fourth-order valence-electron chi connectivity index (χ4n) is 3.02. The van der Waals surface area contributed by atoms with E-state index in [1.54, 1.807) is 6.92 Å². The van der Waals surface area contributed by atoms with Crippen LogP contribution in [0.3, 0.4) is 0 Å². The summed E-state index contributed by atoms with van der Waals surface area (Å²) in [6, 6.07) is 0. The molecule has 2 aliphatic rings. The molecule has 0 aliphatic heterocycles. The lowest BCUT2D eigenvalue weighted by Gasteiger charge is -2.17. The third-order valence-corrected chi connectivity index (χ3v) is 3.97. The van der Waals surface area contributed by atoms with Gasteiger partial charge in [-0.15, -0.1) is 0 Å². The second-order valence-corrected chi connectivity index (χ2v) is 5.45. The van der Waals surface area contributed by atoms with Crippen LogP contribution in [0.5, 0.6) is 0 Å². The van der Waals surface area contributed by atoms with E-state index in [0.29, 0.717) is 12.2 Å². The van der Waals surface area contributed by atoms with Gasteiger partial charge in [-0.1, -0.05) is 18.7 Å². The molecule has 2 heteroatoms. The van der Waals surface area contributed by atoms with Crippen LogP contribution in [0.15, 0.2) is 24.3 Å². The third kappa shape index (κ3) is 3.21. The topological polar surface area (TPSA) is 26.3 Å². The summed E-state index contributed by atoms with van der Waals surface area (Å²) < 4.78 is 5.08. The van der Waals surface area contributed by atoms with E-state index in [1.807, 2.05) is 0 Å². The van der Waals surface area contributed by atoms with Crippen LogP contribution in [0.2, 0.25) is 0 Å². The minimum absolute atomic E-state index is 0.257. The van der Waals surface area contributed by atoms with Gasteiger partial charge in [0, 0.05) is 5.57 Å². The molecule has 2 nitrogen and oxygen atoms in total. The molecule has 2 bridgehead atoms. The number of fused-ring (bicyclic) bond motifs is 2. The van der Waals surface area contributed by atoms with Crippen molar-refractivity contribution in [2.24, 2.45) is 17.8 Å². The van der Waals surface area contributed by atoms with Crippen molar-refractivity contribution >= 4 is 5.97 Å². The van der Waals surface area contributed by atoms with Crippen molar-refractivity contribution < 1.29 is 9.53 Å². The summed E-state index contributed by atoms with van der Waals surface area (Å²) in [4.78, 5) is 11.1. The van der Waals surface area contributed by atoms with Gasteiger partial charge in [0.2, 0.25) is 0 Å². The number of unbranched alkanes of at least 4 members (excludes halogenated alkanes) is 1. The molecule has 0 amide bonds. The average molecular weight is 234 g/mol. The molecular formula is C15H22O2. The molecule has 0 aromatic heterocycles. The van der Waals surface area contributed by atoms with Crippen LogP contribution in [0.25, 0.3) is 0 Å². The van der Waals surface area contributed by atoms with Gasteiger partial charge in [0.25, 0.3) is 0 Å². The molecule has 1 saturated carbocycles. The largest absolute Gasteiger partial charge is 0.462 e. The first kappa shape index (κ1) is 12.4. The lowest BCUT2D eigenvalue weighted by molar-refractivity contribution is -0.139. The van der Waals surface area contributed by atoms with Crippen LogP contribution in [0, 0.1) is 17.8 Å². The van der Waals surface area contributed by atoms with E-state index < -0.39 is 0 Å². The van der Waals surface area contributed by atoms with Gasteiger partial charge in [-0.2, -0.15) is 0 Å². The highest BCUT2D eigenvalue weighted by molar-refractivity contribution is 5.86. The minimum Gasteiger partial charge on any atom is -0.462 e. The molecule has 2 rings (SSSR count). The van der Waals surface area contributed by atoms with E-state index in [1.165, 1.54) is 25.7 Å². The lowest BCUT2D eigenvalue weighted by atomic mass is 9.89. The van der Waals surface area contributed by atoms with Crippen LogP contribution >= 0.6 is 0 Å². The van der Waals surface area contributed by atoms with E-state index in [0.717, 1.165) is 24.2 Å². The SMILES string of the molecule is C=C(C)C(=O)OCCCCC1CC2C=CC1C2. The first-order chi connectivity index (χ1) is 8.16. The predicted octanol–water partition coefficient (Wildman–Crippen LogP) is 3.49. The van der Waals surface area contributed by atoms with Crippen molar-refractivity contribution in [2.45, 2.75) is 39.0 Å². The van der Waals surface area contributed by atoms with E-state index >= 15 is 0 Å². The zero-order chi connectivity index (χ0) is 12.3. The number of hydrogen-bond donors (Lipinski definition) is 0. The molecule has 17 heavy (non-hydrogen) atoms. The summed E-state index contributed by atoms with van der Waals surface area (Å²) >= 11 is 0. The lowest BCUT2D eigenvalue weighted by Crippen LogP contribution is -2.09. The van der Waals surface area contributed by atoms with Gasteiger partial charge in [-0.05, 0) is 56.8 Å². The van der Waals surface area contributed by atoms with E-state index in [9.17, 15) is 4.79 Å². The molecule has 2 aliphatic carbocycles. The molecular weight excluding hydrogens is 212 g/mol. The molecule has 0 saturated heterocycles. The molecule has 3 atom stereocenters. The zero-order valence-electron chi connectivity index (χ0n) is 10.7. The Labute approximate surface area is 104 Å². The van der Waals surface area contributed by atoms with E-state index in [2.05, 4.69) is 18.7 Å². The maximum atomic E-state index is 11.1. The van der Waals surface area contributed by atoms with Gasteiger partial charge >= 0.3 is 5.97 Å². The number of hydrogen-bond acceptors (Lipinski definition) is 2. The van der Waals surface area contributed by atoms with Gasteiger partial charge in [0.15, 0.2) is 0 Å². The van der Waals surface area contributed by atoms with Crippen LogP contribution in [0.4, 0.5) is 0 Å². The highest BCUT2D eigenvalue weighted by atomic mass is 16.5. The fourth-order valence-corrected chi connectivity index (χ4v) is 3.02. The number of esters is 1. The first-order valence-electron chi connectivity index (χ1n) is 6.68. The highest BCUT2D eigenvalue weighted by Gasteiger charge is 2.34. The van der Waals surface area contributed by atoms with Crippen molar-refractivity contribution in [1.82, 2.24) is 0 Å². The third-order valence-electron chi connectivity index (χ3n) is 3.97. The Morgan fingerprint density at radius 1 is 1.35 bits per heavy atom. The Bertz CT molecular complexity index is 330. The number of allylic oxidation sites excluding steroid dienone is 2. The van der Waals surface area contributed by atoms with Crippen LogP contribution in [-0.2, 0) is 9.53 Å². The summed E-state index contributed by atoms with van der Waals surface area (Å²) in [6.45, 7) is 5.79. The second-order valence-electron chi connectivity index (χ2n) is 5.45. The van der Waals surface area contributed by atoms with Crippen LogP contribution in [0.1, 0.15) is 39.0 Å². The Hall–Kier alpha value is -1.05. The molecule has 0 radical (unpaired) electrons. The normalized spacial score (nSPS) is 29.6. The molecule has 0 heterocycles. The summed E-state index contributed by atoms with van der Waals surface area (Å²) in [6.07, 6.45) is 11.0. The van der Waals surface area contributed by atoms with Gasteiger partial charge < -0.3 is 4.74 Å². The predicted molar refractivity (Wildman–Crippen MR) is 68.5 cm³/mol.